The molecule has 1 aliphatic carbocycles. The fraction of sp³-hybridized carbons (Fsp3) is 0.125. The molecule has 15 heavy (non-hydrogen) atoms. The van der Waals surface area contributed by atoms with Gasteiger partial charge in [0.25, 0.3) is 5.91 Å². The summed E-state index contributed by atoms with van der Waals surface area (Å²) in [6, 6.07) is -1.05. The second-order valence-electron chi connectivity index (χ2n) is 2.91. The third-order valence-corrected chi connectivity index (χ3v) is 2.51. The summed E-state index contributed by atoms with van der Waals surface area (Å²) >= 11 is 11.5. The van der Waals surface area contributed by atoms with Gasteiger partial charge < -0.3 is 0 Å². The Kier molecular flexibility index (Phi) is 2.38. The number of aliphatic imine (C=N–C) groups is 1. The molecule has 0 spiro atoms. The van der Waals surface area contributed by atoms with Crippen LogP contribution < -0.4 is 0 Å². The molecule has 78 valence electrons. The number of amides is 3. The Morgan fingerprint density at radius 2 is 2.13 bits per heavy atom. The second kappa shape index (κ2) is 3.44. The van der Waals surface area contributed by atoms with Gasteiger partial charge in [-0.15, -0.1) is 16.7 Å². The number of carbonyl (C=O) groups excluding carboxylic acids is 2. The Morgan fingerprint density at radius 3 is 2.80 bits per heavy atom. The summed E-state index contributed by atoms with van der Waals surface area (Å²) in [5.74, 6) is -0.873. The van der Waals surface area contributed by atoms with E-state index in [-0.39, 0.29) is 21.4 Å². The fourth-order valence-electron chi connectivity index (χ4n) is 1.27. The van der Waals surface area contributed by atoms with Crippen molar-refractivity contribution in [3.8, 4) is 0 Å². The Bertz CT molecular complexity index is 453. The maximum atomic E-state index is 11.4. The number of imide groups is 1. The maximum absolute atomic E-state index is 11.4. The lowest BCUT2D eigenvalue weighted by Crippen LogP contribution is -2.42. The molecule has 1 N–H and O–H groups in total. The molecule has 7 heteroatoms. The summed E-state index contributed by atoms with van der Waals surface area (Å²) in [4.78, 5) is 25.9. The lowest BCUT2D eigenvalue weighted by Gasteiger charge is -2.23. The molecule has 1 unspecified atom stereocenters. The van der Waals surface area contributed by atoms with Crippen molar-refractivity contribution < 1.29 is 14.8 Å². The SMILES string of the molecule is O=C1N=C2C(=CC(Cl)=CC2Cl)C(=O)N1O. The normalized spacial score (nSPS) is 25.7. The van der Waals surface area contributed by atoms with E-state index < -0.39 is 17.3 Å². The van der Waals surface area contributed by atoms with E-state index in [0.29, 0.717) is 0 Å². The number of urea groups is 1. The topological polar surface area (TPSA) is 70.0 Å². The molecular formula is C8H4Cl2N2O3. The number of fused-ring (bicyclic) bond motifs is 1. The first-order valence-corrected chi connectivity index (χ1v) is 4.71. The summed E-state index contributed by atoms with van der Waals surface area (Å²) in [5.41, 5.74) is 0.144. The van der Waals surface area contributed by atoms with Crippen molar-refractivity contribution in [1.82, 2.24) is 5.06 Å². The van der Waals surface area contributed by atoms with Gasteiger partial charge in [-0.05, 0) is 12.2 Å². The molecule has 0 aromatic heterocycles. The Labute approximate surface area is 94.2 Å². The highest BCUT2D eigenvalue weighted by Gasteiger charge is 2.36. The van der Waals surface area contributed by atoms with Crippen LogP contribution in [0.4, 0.5) is 4.79 Å². The molecule has 0 bridgehead atoms. The largest absolute Gasteiger partial charge is 0.375 e. The van der Waals surface area contributed by atoms with E-state index in [1.165, 1.54) is 12.2 Å². The predicted octanol–water partition coefficient (Wildman–Crippen LogP) is 1.45. The summed E-state index contributed by atoms with van der Waals surface area (Å²) in [7, 11) is 0. The number of nitrogens with zero attached hydrogens (tertiary/aromatic N) is 2. The van der Waals surface area contributed by atoms with Crippen LogP contribution >= 0.6 is 23.2 Å². The lowest BCUT2D eigenvalue weighted by molar-refractivity contribution is -0.147. The molecular weight excluding hydrogens is 243 g/mol. The van der Waals surface area contributed by atoms with Gasteiger partial charge in [0.1, 0.15) is 0 Å². The minimum absolute atomic E-state index is 0.0320. The smallest absolute Gasteiger partial charge is 0.277 e. The van der Waals surface area contributed by atoms with E-state index in [9.17, 15) is 9.59 Å². The molecule has 1 atom stereocenters. The van der Waals surface area contributed by atoms with Gasteiger partial charge in [0.05, 0.1) is 16.7 Å². The van der Waals surface area contributed by atoms with Crippen molar-refractivity contribution in [3.63, 3.8) is 0 Å². The minimum Gasteiger partial charge on any atom is -0.277 e. The fourth-order valence-corrected chi connectivity index (χ4v) is 1.87. The molecule has 3 amide bonds. The average Bonchev–Trinajstić information content (AvgIpc) is 2.17. The molecule has 0 aromatic carbocycles. The van der Waals surface area contributed by atoms with Crippen LogP contribution in [0, 0.1) is 0 Å². The summed E-state index contributed by atoms with van der Waals surface area (Å²) in [6.07, 6.45) is 2.75. The van der Waals surface area contributed by atoms with Crippen molar-refractivity contribution in [2.45, 2.75) is 5.38 Å². The molecule has 0 saturated carbocycles. The first-order valence-electron chi connectivity index (χ1n) is 3.90. The molecule has 5 nitrogen and oxygen atoms in total. The first-order chi connectivity index (χ1) is 7.00. The lowest BCUT2D eigenvalue weighted by atomic mass is 10.00. The molecule has 0 aromatic rings. The molecule has 0 radical (unpaired) electrons. The highest BCUT2D eigenvalue weighted by molar-refractivity contribution is 6.46. The third-order valence-electron chi connectivity index (χ3n) is 1.95. The zero-order chi connectivity index (χ0) is 11.2. The number of carbonyl (C=O) groups is 2. The van der Waals surface area contributed by atoms with Gasteiger partial charge in [0, 0.05) is 5.03 Å². The standard InChI is InChI=1S/C8H4Cl2N2O3/c9-3-1-4-6(5(10)2-3)11-8(14)12(15)7(4)13/h1-2,5,15H. The van der Waals surface area contributed by atoms with Crippen LogP contribution in [0.2, 0.25) is 0 Å². The summed E-state index contributed by atoms with van der Waals surface area (Å²) < 4.78 is 0. The van der Waals surface area contributed by atoms with Crippen LogP contribution in [-0.4, -0.2) is 33.3 Å². The maximum Gasteiger partial charge on any atom is 0.375 e. The van der Waals surface area contributed by atoms with E-state index in [2.05, 4.69) is 4.99 Å². The number of halogens is 2. The van der Waals surface area contributed by atoms with Gasteiger partial charge in [0.15, 0.2) is 0 Å². The number of rotatable bonds is 0. The number of hydroxylamine groups is 2. The summed E-state index contributed by atoms with van der Waals surface area (Å²) in [6.45, 7) is 0. The van der Waals surface area contributed by atoms with Crippen molar-refractivity contribution in [3.05, 3.63) is 22.8 Å². The van der Waals surface area contributed by atoms with Crippen LogP contribution in [0.25, 0.3) is 0 Å². The quantitative estimate of drug-likeness (QED) is 0.520. The number of hydrogen-bond donors (Lipinski definition) is 1. The van der Waals surface area contributed by atoms with E-state index in [1.807, 2.05) is 0 Å². The van der Waals surface area contributed by atoms with E-state index >= 15 is 0 Å². The molecule has 2 aliphatic rings. The van der Waals surface area contributed by atoms with Crippen molar-refractivity contribution in [1.29, 1.82) is 0 Å². The van der Waals surface area contributed by atoms with Crippen molar-refractivity contribution >= 4 is 40.9 Å². The molecule has 0 fully saturated rings. The van der Waals surface area contributed by atoms with Gasteiger partial charge in [-0.1, -0.05) is 11.6 Å². The third kappa shape index (κ3) is 1.58. The molecule has 2 rings (SSSR count). The summed E-state index contributed by atoms with van der Waals surface area (Å²) in [5, 5.41) is 8.49. The van der Waals surface area contributed by atoms with E-state index in [1.54, 1.807) is 0 Å². The van der Waals surface area contributed by atoms with Gasteiger partial charge >= 0.3 is 6.03 Å². The average molecular weight is 247 g/mol. The van der Waals surface area contributed by atoms with E-state index in [0.717, 1.165) is 0 Å². The zero-order valence-electron chi connectivity index (χ0n) is 7.15. The van der Waals surface area contributed by atoms with Gasteiger partial charge in [-0.3, -0.25) is 10.0 Å². The first kappa shape index (κ1) is 10.4. The van der Waals surface area contributed by atoms with Crippen LogP contribution in [0.5, 0.6) is 0 Å². The zero-order valence-corrected chi connectivity index (χ0v) is 8.66. The minimum atomic E-state index is -1.05. The molecule has 1 aliphatic heterocycles. The highest BCUT2D eigenvalue weighted by atomic mass is 35.5. The monoisotopic (exact) mass is 246 g/mol. The van der Waals surface area contributed by atoms with Crippen LogP contribution in [0.1, 0.15) is 0 Å². The van der Waals surface area contributed by atoms with Crippen LogP contribution in [-0.2, 0) is 4.79 Å². The van der Waals surface area contributed by atoms with Crippen LogP contribution in [0.15, 0.2) is 27.7 Å². The predicted molar refractivity (Wildman–Crippen MR) is 53.1 cm³/mol. The van der Waals surface area contributed by atoms with Gasteiger partial charge in [-0.2, -0.15) is 4.99 Å². The number of allylic oxidation sites excluding steroid dienone is 3. The Morgan fingerprint density at radius 1 is 1.47 bits per heavy atom. The van der Waals surface area contributed by atoms with E-state index in [4.69, 9.17) is 28.4 Å². The Balaban J connectivity index is 2.56. The van der Waals surface area contributed by atoms with Crippen molar-refractivity contribution in [2.75, 3.05) is 0 Å². The van der Waals surface area contributed by atoms with Crippen molar-refractivity contribution in [2.24, 2.45) is 4.99 Å². The highest BCUT2D eigenvalue weighted by Crippen LogP contribution is 2.26. The number of hydrogen-bond acceptors (Lipinski definition) is 3. The number of alkyl halides is 1. The Hall–Kier alpha value is -1.17. The van der Waals surface area contributed by atoms with Crippen LogP contribution in [0.3, 0.4) is 0 Å². The van der Waals surface area contributed by atoms with Gasteiger partial charge in [0.2, 0.25) is 0 Å². The second-order valence-corrected chi connectivity index (χ2v) is 3.81. The molecule has 1 heterocycles. The van der Waals surface area contributed by atoms with Gasteiger partial charge in [-0.25, -0.2) is 4.79 Å². The molecule has 0 saturated heterocycles.